The van der Waals surface area contributed by atoms with E-state index in [0.717, 1.165) is 0 Å². The summed E-state index contributed by atoms with van der Waals surface area (Å²) < 4.78 is 0. The highest BCUT2D eigenvalue weighted by atomic mass is 15.4. The Kier molecular flexibility index (Phi) is 4.59. The molecule has 0 bridgehead atoms. The number of rotatable bonds is 1. The maximum atomic E-state index is 2.54. The summed E-state index contributed by atoms with van der Waals surface area (Å²) in [7, 11) is 2.20. The van der Waals surface area contributed by atoms with Gasteiger partial charge in [-0.1, -0.05) is 97.1 Å². The average Bonchev–Trinajstić information content (AvgIpc) is 3.17. The van der Waals surface area contributed by atoms with Crippen LogP contribution in [0.3, 0.4) is 0 Å². The van der Waals surface area contributed by atoms with Gasteiger partial charge in [0, 0.05) is 12.6 Å². The SMILES string of the molecule is Cc1ccc2c(c1N1c3ccccc3N(C)[C@@H]1C)-c1ccccc1-c1ccccc1-c1ccccc1-2. The fourth-order valence-corrected chi connectivity index (χ4v) is 6.19. The quantitative estimate of drug-likeness (QED) is 0.240. The van der Waals surface area contributed by atoms with E-state index in [1.54, 1.807) is 0 Å². The Labute approximate surface area is 213 Å². The van der Waals surface area contributed by atoms with Crippen molar-refractivity contribution < 1.29 is 0 Å². The molecule has 0 aromatic heterocycles. The van der Waals surface area contributed by atoms with Gasteiger partial charge in [-0.25, -0.2) is 0 Å². The molecule has 5 aromatic carbocycles. The zero-order valence-electron chi connectivity index (χ0n) is 20.9. The van der Waals surface area contributed by atoms with Gasteiger partial charge in [0.25, 0.3) is 0 Å². The van der Waals surface area contributed by atoms with E-state index in [1.807, 2.05) is 0 Å². The molecule has 5 aromatic rings. The van der Waals surface area contributed by atoms with Crippen molar-refractivity contribution >= 4 is 17.1 Å². The van der Waals surface area contributed by atoms with Gasteiger partial charge in [0.1, 0.15) is 6.17 Å². The minimum atomic E-state index is 0.202. The largest absolute Gasteiger partial charge is 0.353 e. The van der Waals surface area contributed by atoms with E-state index in [1.165, 1.54) is 67.1 Å². The zero-order chi connectivity index (χ0) is 24.4. The van der Waals surface area contributed by atoms with Crippen LogP contribution in [0.2, 0.25) is 0 Å². The van der Waals surface area contributed by atoms with Crippen LogP contribution in [0.15, 0.2) is 109 Å². The monoisotopic (exact) mass is 464 g/mol. The van der Waals surface area contributed by atoms with Gasteiger partial charge in [-0.2, -0.15) is 0 Å². The third-order valence-corrected chi connectivity index (χ3v) is 8.00. The van der Waals surface area contributed by atoms with Crippen LogP contribution >= 0.6 is 0 Å². The third-order valence-electron chi connectivity index (χ3n) is 8.00. The molecule has 7 rings (SSSR count). The number of fused-ring (bicyclic) bond motifs is 9. The van der Waals surface area contributed by atoms with Gasteiger partial charge in [0.15, 0.2) is 0 Å². The Morgan fingerprint density at radius 2 is 0.944 bits per heavy atom. The maximum absolute atomic E-state index is 2.54. The molecule has 0 radical (unpaired) electrons. The summed E-state index contributed by atoms with van der Waals surface area (Å²) in [4.78, 5) is 4.92. The van der Waals surface area contributed by atoms with Crippen LogP contribution in [0.5, 0.6) is 0 Å². The molecule has 0 saturated carbocycles. The number of benzene rings is 5. The van der Waals surface area contributed by atoms with Crippen molar-refractivity contribution in [2.45, 2.75) is 20.0 Å². The first-order chi connectivity index (χ1) is 17.6. The number of hydrogen-bond acceptors (Lipinski definition) is 2. The second-order valence-electron chi connectivity index (χ2n) is 9.89. The minimum Gasteiger partial charge on any atom is -0.353 e. The van der Waals surface area contributed by atoms with Gasteiger partial charge in [-0.05, 0) is 70.5 Å². The molecule has 2 heteroatoms. The summed E-state index contributed by atoms with van der Waals surface area (Å²) in [6.07, 6.45) is 0.202. The number of para-hydroxylation sites is 2. The van der Waals surface area contributed by atoms with Gasteiger partial charge in [0.05, 0.1) is 17.1 Å². The van der Waals surface area contributed by atoms with Gasteiger partial charge in [0.2, 0.25) is 0 Å². The summed E-state index contributed by atoms with van der Waals surface area (Å²) in [6.45, 7) is 4.56. The van der Waals surface area contributed by atoms with Gasteiger partial charge in [-0.3, -0.25) is 0 Å². The van der Waals surface area contributed by atoms with Crippen molar-refractivity contribution in [2.75, 3.05) is 16.8 Å². The molecule has 0 unspecified atom stereocenters. The van der Waals surface area contributed by atoms with E-state index in [4.69, 9.17) is 0 Å². The van der Waals surface area contributed by atoms with Crippen molar-refractivity contribution in [1.29, 1.82) is 0 Å². The van der Waals surface area contributed by atoms with Crippen LogP contribution in [-0.2, 0) is 0 Å². The number of hydrogen-bond donors (Lipinski definition) is 0. The van der Waals surface area contributed by atoms with Crippen molar-refractivity contribution in [3.63, 3.8) is 0 Å². The lowest BCUT2D eigenvalue weighted by Crippen LogP contribution is -2.36. The second kappa shape index (κ2) is 7.86. The summed E-state index contributed by atoms with van der Waals surface area (Å²) >= 11 is 0. The average molecular weight is 465 g/mol. The molecule has 1 heterocycles. The van der Waals surface area contributed by atoms with Crippen molar-refractivity contribution in [3.8, 4) is 44.5 Å². The molecule has 0 saturated heterocycles. The van der Waals surface area contributed by atoms with Crippen molar-refractivity contribution in [2.24, 2.45) is 0 Å². The van der Waals surface area contributed by atoms with Gasteiger partial charge in [-0.15, -0.1) is 0 Å². The standard InChI is InChI=1S/C34H28N2/c1-22-20-21-30-28-16-7-6-14-26(28)24-12-4-5-13-25(24)27-15-8-9-17-29(27)33(30)34(22)36-23(2)35(3)31-18-10-11-19-32(31)36/h4-21,23H,1-3H3/t23-/m0/s1. The molecule has 2 nitrogen and oxygen atoms in total. The van der Waals surface area contributed by atoms with Crippen LogP contribution in [-0.4, -0.2) is 13.2 Å². The van der Waals surface area contributed by atoms with E-state index in [0.29, 0.717) is 0 Å². The lowest BCUT2D eigenvalue weighted by molar-refractivity contribution is 0.733. The Hall–Kier alpha value is -4.30. The summed E-state index contributed by atoms with van der Waals surface area (Å²) in [6, 6.07) is 40.1. The molecule has 0 amide bonds. The Morgan fingerprint density at radius 3 is 1.53 bits per heavy atom. The molecule has 36 heavy (non-hydrogen) atoms. The van der Waals surface area contributed by atoms with Crippen LogP contribution in [0.4, 0.5) is 17.1 Å². The highest BCUT2D eigenvalue weighted by Crippen LogP contribution is 2.54. The van der Waals surface area contributed by atoms with Gasteiger partial charge < -0.3 is 9.80 Å². The first-order valence-corrected chi connectivity index (χ1v) is 12.7. The number of anilines is 3. The molecule has 174 valence electrons. The Balaban J connectivity index is 1.64. The predicted molar refractivity (Wildman–Crippen MR) is 153 cm³/mol. The van der Waals surface area contributed by atoms with Crippen molar-refractivity contribution in [3.05, 3.63) is 115 Å². The summed E-state index contributed by atoms with van der Waals surface area (Å²) in [5.41, 5.74) is 15.4. The minimum absolute atomic E-state index is 0.202. The molecule has 1 aliphatic heterocycles. The molecule has 2 aliphatic rings. The fraction of sp³-hybridized carbons (Fsp3) is 0.118. The molecule has 0 fully saturated rings. The first kappa shape index (κ1) is 21.0. The van der Waals surface area contributed by atoms with Crippen molar-refractivity contribution in [1.82, 2.24) is 0 Å². The summed E-state index contributed by atoms with van der Waals surface area (Å²) in [5, 5.41) is 0. The van der Waals surface area contributed by atoms with Crippen LogP contribution in [0.1, 0.15) is 12.5 Å². The van der Waals surface area contributed by atoms with Crippen LogP contribution in [0, 0.1) is 6.92 Å². The lowest BCUT2D eigenvalue weighted by atomic mass is 9.79. The van der Waals surface area contributed by atoms with Crippen LogP contribution < -0.4 is 9.80 Å². The number of nitrogens with zero attached hydrogens (tertiary/aromatic N) is 2. The van der Waals surface area contributed by atoms with Gasteiger partial charge >= 0.3 is 0 Å². The van der Waals surface area contributed by atoms with E-state index in [2.05, 4.69) is 140 Å². The summed E-state index contributed by atoms with van der Waals surface area (Å²) in [5.74, 6) is 0. The molecule has 1 atom stereocenters. The Bertz CT molecular complexity index is 1640. The topological polar surface area (TPSA) is 6.48 Å². The van der Waals surface area contributed by atoms with E-state index in [-0.39, 0.29) is 6.17 Å². The number of aryl methyl sites for hydroxylation is 1. The Morgan fingerprint density at radius 1 is 0.500 bits per heavy atom. The second-order valence-corrected chi connectivity index (χ2v) is 9.89. The lowest BCUT2D eigenvalue weighted by Gasteiger charge is -2.33. The molecular formula is C34H28N2. The van der Waals surface area contributed by atoms with E-state index >= 15 is 0 Å². The van der Waals surface area contributed by atoms with Crippen LogP contribution in [0.25, 0.3) is 44.5 Å². The highest BCUT2D eigenvalue weighted by molar-refractivity contribution is 6.08. The van der Waals surface area contributed by atoms with E-state index < -0.39 is 0 Å². The molecule has 0 spiro atoms. The smallest absolute Gasteiger partial charge is 0.103 e. The zero-order valence-corrected chi connectivity index (χ0v) is 20.9. The first-order valence-electron chi connectivity index (χ1n) is 12.7. The predicted octanol–water partition coefficient (Wildman–Crippen LogP) is 8.91. The highest BCUT2D eigenvalue weighted by Gasteiger charge is 2.35. The fourth-order valence-electron chi connectivity index (χ4n) is 6.19. The molecule has 0 N–H and O–H groups in total. The third kappa shape index (κ3) is 2.85. The maximum Gasteiger partial charge on any atom is 0.103 e. The van der Waals surface area contributed by atoms with E-state index in [9.17, 15) is 0 Å². The molecular weight excluding hydrogens is 436 g/mol. The normalized spacial score (nSPS) is 15.2. The molecule has 1 aliphatic carbocycles.